The van der Waals surface area contributed by atoms with Gasteiger partial charge in [0.1, 0.15) is 0 Å². The Bertz CT molecular complexity index is 376. The number of nitrogens with zero attached hydrogens (tertiary/aromatic N) is 1. The van der Waals surface area contributed by atoms with Crippen LogP contribution in [0.2, 0.25) is 0 Å². The molecule has 0 radical (unpaired) electrons. The van der Waals surface area contributed by atoms with Gasteiger partial charge in [0.2, 0.25) is 0 Å². The van der Waals surface area contributed by atoms with Crippen LogP contribution in [0.1, 0.15) is 44.8 Å². The average Bonchev–Trinajstić information content (AvgIpc) is 2.38. The van der Waals surface area contributed by atoms with Crippen molar-refractivity contribution in [3.8, 4) is 0 Å². The lowest BCUT2D eigenvalue weighted by molar-refractivity contribution is 0.0351. The Morgan fingerprint density at radius 1 is 1.22 bits per heavy atom. The van der Waals surface area contributed by atoms with E-state index in [9.17, 15) is 10.2 Å². The van der Waals surface area contributed by atoms with Crippen LogP contribution in [0.15, 0.2) is 24.3 Å². The summed E-state index contributed by atoms with van der Waals surface area (Å²) in [4.78, 5) is 2.29. The molecule has 3 heteroatoms. The number of anilines is 1. The topological polar surface area (TPSA) is 43.7 Å². The second kappa shape index (κ2) is 5.29. The first kappa shape index (κ1) is 13.4. The van der Waals surface area contributed by atoms with Crippen molar-refractivity contribution < 1.29 is 10.2 Å². The number of piperidine rings is 1. The van der Waals surface area contributed by atoms with E-state index in [1.165, 1.54) is 5.69 Å². The predicted octanol–water partition coefficient (Wildman–Crippen LogP) is 2.48. The van der Waals surface area contributed by atoms with Gasteiger partial charge in [0.05, 0.1) is 11.7 Å². The van der Waals surface area contributed by atoms with Crippen LogP contribution in [0.5, 0.6) is 0 Å². The van der Waals surface area contributed by atoms with E-state index in [4.69, 9.17) is 0 Å². The first-order valence-corrected chi connectivity index (χ1v) is 6.77. The van der Waals surface area contributed by atoms with Crippen LogP contribution in [0.25, 0.3) is 0 Å². The van der Waals surface area contributed by atoms with Crippen LogP contribution in [0.3, 0.4) is 0 Å². The molecule has 0 spiro atoms. The Hall–Kier alpha value is -1.06. The van der Waals surface area contributed by atoms with Gasteiger partial charge in [-0.3, -0.25) is 0 Å². The predicted molar refractivity (Wildman–Crippen MR) is 73.8 cm³/mol. The van der Waals surface area contributed by atoms with Gasteiger partial charge in [-0.1, -0.05) is 19.1 Å². The van der Waals surface area contributed by atoms with E-state index in [1.54, 1.807) is 0 Å². The SMILES string of the molecule is CCC(O)c1ccc(N2CCC(C)(O)CC2)cc1. The third-order valence-corrected chi connectivity index (χ3v) is 3.87. The fourth-order valence-electron chi connectivity index (χ4n) is 2.39. The highest BCUT2D eigenvalue weighted by atomic mass is 16.3. The number of hydrogen-bond acceptors (Lipinski definition) is 3. The summed E-state index contributed by atoms with van der Waals surface area (Å²) >= 11 is 0. The number of aliphatic hydroxyl groups is 2. The Kier molecular flexibility index (Phi) is 3.93. The van der Waals surface area contributed by atoms with Crippen molar-refractivity contribution in [1.82, 2.24) is 0 Å². The summed E-state index contributed by atoms with van der Waals surface area (Å²) in [5.41, 5.74) is 1.65. The molecular formula is C15H23NO2. The van der Waals surface area contributed by atoms with Gasteiger partial charge in [-0.15, -0.1) is 0 Å². The molecule has 3 nitrogen and oxygen atoms in total. The molecule has 0 amide bonds. The second-order valence-corrected chi connectivity index (χ2v) is 5.50. The van der Waals surface area contributed by atoms with E-state index in [0.29, 0.717) is 0 Å². The van der Waals surface area contributed by atoms with Gasteiger partial charge in [-0.25, -0.2) is 0 Å². The second-order valence-electron chi connectivity index (χ2n) is 5.50. The quantitative estimate of drug-likeness (QED) is 0.865. The van der Waals surface area contributed by atoms with Crippen LogP contribution in [0, 0.1) is 0 Å². The lowest BCUT2D eigenvalue weighted by Crippen LogP contribution is -2.42. The van der Waals surface area contributed by atoms with Gasteiger partial charge in [-0.2, -0.15) is 0 Å². The lowest BCUT2D eigenvalue weighted by atomic mass is 9.93. The Labute approximate surface area is 109 Å². The maximum atomic E-state index is 9.93. The molecule has 18 heavy (non-hydrogen) atoms. The molecule has 2 N–H and O–H groups in total. The van der Waals surface area contributed by atoms with Crippen LogP contribution in [-0.2, 0) is 0 Å². The molecule has 1 fully saturated rings. The van der Waals surface area contributed by atoms with Crippen LogP contribution >= 0.6 is 0 Å². The number of benzene rings is 1. The molecule has 2 rings (SSSR count). The van der Waals surface area contributed by atoms with Crippen molar-refractivity contribution in [3.63, 3.8) is 0 Å². The molecule has 0 saturated carbocycles. The molecule has 0 aromatic heterocycles. The summed E-state index contributed by atoms with van der Waals surface area (Å²) in [6.07, 6.45) is 2.01. The summed E-state index contributed by atoms with van der Waals surface area (Å²) in [6.45, 7) is 5.67. The third-order valence-electron chi connectivity index (χ3n) is 3.87. The molecule has 0 aliphatic carbocycles. The normalized spacial score (nSPS) is 20.8. The molecule has 1 aromatic carbocycles. The zero-order chi connectivity index (χ0) is 13.2. The van der Waals surface area contributed by atoms with Crippen molar-refractivity contribution >= 4 is 5.69 Å². The largest absolute Gasteiger partial charge is 0.390 e. The van der Waals surface area contributed by atoms with E-state index in [0.717, 1.165) is 37.9 Å². The zero-order valence-corrected chi connectivity index (χ0v) is 11.3. The molecule has 1 aliphatic heterocycles. The Morgan fingerprint density at radius 3 is 2.28 bits per heavy atom. The van der Waals surface area contributed by atoms with E-state index in [-0.39, 0.29) is 6.10 Å². The lowest BCUT2D eigenvalue weighted by Gasteiger charge is -2.37. The molecule has 1 heterocycles. The summed E-state index contributed by atoms with van der Waals surface area (Å²) < 4.78 is 0. The molecule has 1 unspecified atom stereocenters. The maximum absolute atomic E-state index is 9.93. The first-order valence-electron chi connectivity index (χ1n) is 6.77. The van der Waals surface area contributed by atoms with Crippen LogP contribution in [0.4, 0.5) is 5.69 Å². The van der Waals surface area contributed by atoms with Gasteiger partial charge >= 0.3 is 0 Å². The van der Waals surface area contributed by atoms with E-state index in [1.807, 2.05) is 26.0 Å². The van der Waals surface area contributed by atoms with Crippen molar-refractivity contribution in [2.75, 3.05) is 18.0 Å². The molecule has 1 aliphatic rings. The zero-order valence-electron chi connectivity index (χ0n) is 11.3. The van der Waals surface area contributed by atoms with Gasteiger partial charge < -0.3 is 15.1 Å². The number of hydrogen-bond donors (Lipinski definition) is 2. The van der Waals surface area contributed by atoms with Gasteiger partial charge in [0.25, 0.3) is 0 Å². The number of rotatable bonds is 3. The molecule has 1 aromatic rings. The van der Waals surface area contributed by atoms with Gasteiger partial charge in [-0.05, 0) is 43.9 Å². The summed E-state index contributed by atoms with van der Waals surface area (Å²) in [5, 5.41) is 19.7. The van der Waals surface area contributed by atoms with Gasteiger partial charge in [0, 0.05) is 18.8 Å². The summed E-state index contributed by atoms with van der Waals surface area (Å²) in [5.74, 6) is 0. The highest BCUT2D eigenvalue weighted by Crippen LogP contribution is 2.27. The standard InChI is InChI=1S/C15H23NO2/c1-3-14(17)12-4-6-13(7-5-12)16-10-8-15(2,18)9-11-16/h4-7,14,17-18H,3,8-11H2,1-2H3. The number of aliphatic hydroxyl groups excluding tert-OH is 1. The highest BCUT2D eigenvalue weighted by molar-refractivity contribution is 5.48. The maximum Gasteiger partial charge on any atom is 0.0787 e. The van der Waals surface area contributed by atoms with Crippen molar-refractivity contribution in [3.05, 3.63) is 29.8 Å². The monoisotopic (exact) mass is 249 g/mol. The van der Waals surface area contributed by atoms with E-state index in [2.05, 4.69) is 17.0 Å². The minimum atomic E-state index is -0.505. The van der Waals surface area contributed by atoms with Crippen molar-refractivity contribution in [2.24, 2.45) is 0 Å². The third kappa shape index (κ3) is 3.03. The van der Waals surface area contributed by atoms with Crippen LogP contribution < -0.4 is 4.90 Å². The average molecular weight is 249 g/mol. The van der Waals surface area contributed by atoms with Crippen molar-refractivity contribution in [1.29, 1.82) is 0 Å². The Balaban J connectivity index is 2.02. The highest BCUT2D eigenvalue weighted by Gasteiger charge is 2.27. The molecular weight excluding hydrogens is 226 g/mol. The molecule has 0 bridgehead atoms. The summed E-state index contributed by atoms with van der Waals surface area (Å²) in [6, 6.07) is 8.12. The minimum Gasteiger partial charge on any atom is -0.390 e. The first-order chi connectivity index (χ1) is 8.52. The molecule has 1 atom stereocenters. The fourth-order valence-corrected chi connectivity index (χ4v) is 2.39. The smallest absolute Gasteiger partial charge is 0.0787 e. The molecule has 100 valence electrons. The fraction of sp³-hybridized carbons (Fsp3) is 0.600. The van der Waals surface area contributed by atoms with E-state index < -0.39 is 5.60 Å². The molecule has 1 saturated heterocycles. The van der Waals surface area contributed by atoms with Crippen molar-refractivity contribution in [2.45, 2.75) is 44.8 Å². The summed E-state index contributed by atoms with van der Waals surface area (Å²) in [7, 11) is 0. The minimum absolute atomic E-state index is 0.360. The van der Waals surface area contributed by atoms with Crippen LogP contribution in [-0.4, -0.2) is 28.9 Å². The van der Waals surface area contributed by atoms with E-state index >= 15 is 0 Å². The Morgan fingerprint density at radius 2 is 1.78 bits per heavy atom. The van der Waals surface area contributed by atoms with Gasteiger partial charge in [0.15, 0.2) is 0 Å².